The van der Waals surface area contributed by atoms with Crippen LogP contribution in [0.1, 0.15) is 24.7 Å². The molecule has 1 N–H and O–H groups in total. The molecule has 0 unspecified atom stereocenters. The molecular weight excluding hydrogens is 280 g/mol. The predicted octanol–water partition coefficient (Wildman–Crippen LogP) is 0.311. The summed E-state index contributed by atoms with van der Waals surface area (Å²) in [4.78, 5) is 33.0. The second-order valence-electron chi connectivity index (χ2n) is 6.02. The van der Waals surface area contributed by atoms with Crippen molar-refractivity contribution in [3.8, 4) is 0 Å². The largest absolute Gasteiger partial charge is 0.342 e. The van der Waals surface area contributed by atoms with Gasteiger partial charge in [0, 0.05) is 31.9 Å². The van der Waals surface area contributed by atoms with Crippen molar-refractivity contribution in [1.29, 1.82) is 0 Å². The Morgan fingerprint density at radius 3 is 2.86 bits per heavy atom. The number of fused-ring (bicyclic) bond motifs is 1. The monoisotopic (exact) mass is 302 g/mol. The molecule has 0 bridgehead atoms. The summed E-state index contributed by atoms with van der Waals surface area (Å²) >= 11 is 0. The van der Waals surface area contributed by atoms with Crippen LogP contribution in [0.4, 0.5) is 0 Å². The molecule has 1 aromatic rings. The second kappa shape index (κ2) is 6.04. The van der Waals surface area contributed by atoms with Crippen molar-refractivity contribution in [2.45, 2.75) is 38.9 Å². The Morgan fingerprint density at radius 1 is 1.32 bits per heavy atom. The molecular formula is C16H22N4O2. The number of amides is 2. The molecule has 22 heavy (non-hydrogen) atoms. The average molecular weight is 302 g/mol. The first-order chi connectivity index (χ1) is 10.6. The normalized spacial score (nSPS) is 25.8. The third-order valence-corrected chi connectivity index (χ3v) is 4.40. The second-order valence-corrected chi connectivity index (χ2v) is 6.02. The highest BCUT2D eigenvalue weighted by Gasteiger charge is 2.42. The van der Waals surface area contributed by atoms with Gasteiger partial charge in [-0.05, 0) is 25.5 Å². The smallest absolute Gasteiger partial charge is 0.245 e. The molecule has 0 spiro atoms. The van der Waals surface area contributed by atoms with Crippen LogP contribution >= 0.6 is 0 Å². The molecule has 2 saturated heterocycles. The van der Waals surface area contributed by atoms with E-state index in [4.69, 9.17) is 0 Å². The molecule has 3 rings (SSSR count). The van der Waals surface area contributed by atoms with E-state index in [2.05, 4.69) is 15.2 Å². The van der Waals surface area contributed by atoms with Crippen molar-refractivity contribution in [2.75, 3.05) is 19.6 Å². The number of aryl methyl sites for hydroxylation is 1. The van der Waals surface area contributed by atoms with Gasteiger partial charge in [-0.15, -0.1) is 0 Å². The van der Waals surface area contributed by atoms with Crippen LogP contribution < -0.4 is 5.32 Å². The summed E-state index contributed by atoms with van der Waals surface area (Å²) in [6, 6.07) is 5.25. The predicted molar refractivity (Wildman–Crippen MR) is 82.0 cm³/mol. The minimum atomic E-state index is -0.367. The first-order valence-corrected chi connectivity index (χ1v) is 7.84. The summed E-state index contributed by atoms with van der Waals surface area (Å²) in [5, 5.41) is 2.84. The topological polar surface area (TPSA) is 65.5 Å². The maximum absolute atomic E-state index is 12.3. The quantitative estimate of drug-likeness (QED) is 0.873. The zero-order valence-corrected chi connectivity index (χ0v) is 13.1. The Balaban J connectivity index is 1.68. The van der Waals surface area contributed by atoms with E-state index >= 15 is 0 Å². The molecule has 6 heteroatoms. The molecule has 0 saturated carbocycles. The van der Waals surface area contributed by atoms with E-state index in [-0.39, 0.29) is 23.9 Å². The van der Waals surface area contributed by atoms with Crippen molar-refractivity contribution in [3.63, 3.8) is 0 Å². The van der Waals surface area contributed by atoms with Crippen molar-refractivity contribution < 1.29 is 9.59 Å². The van der Waals surface area contributed by atoms with E-state index in [9.17, 15) is 9.59 Å². The molecule has 0 aliphatic carbocycles. The fraction of sp³-hybridized carbons (Fsp3) is 0.562. The number of hydrogen-bond donors (Lipinski definition) is 1. The van der Waals surface area contributed by atoms with Gasteiger partial charge in [-0.3, -0.25) is 19.5 Å². The van der Waals surface area contributed by atoms with Crippen LogP contribution in [0.3, 0.4) is 0 Å². The first kappa shape index (κ1) is 15.0. The van der Waals surface area contributed by atoms with Gasteiger partial charge in [0.1, 0.15) is 12.1 Å². The lowest BCUT2D eigenvalue weighted by molar-refractivity contribution is -0.153. The van der Waals surface area contributed by atoms with Crippen LogP contribution in [0.5, 0.6) is 0 Å². The molecule has 2 aliphatic heterocycles. The van der Waals surface area contributed by atoms with Crippen molar-refractivity contribution >= 4 is 11.8 Å². The Morgan fingerprint density at radius 2 is 2.14 bits per heavy atom. The highest BCUT2D eigenvalue weighted by molar-refractivity contribution is 5.97. The molecule has 6 nitrogen and oxygen atoms in total. The standard InChI is InChI=1S/C16H22N4O2/c1-3-13-16(22)20-8-7-19(10-14(20)15(21)18-13)9-12-6-4-5-11(2)17-12/h4-6,13-14H,3,7-10H2,1-2H3,(H,18,21)/t13-,14+/m0/s1. The number of hydrogen-bond acceptors (Lipinski definition) is 4. The molecule has 0 aromatic carbocycles. The summed E-state index contributed by atoms with van der Waals surface area (Å²) in [7, 11) is 0. The number of nitrogens with zero attached hydrogens (tertiary/aromatic N) is 3. The number of pyridine rings is 1. The van der Waals surface area contributed by atoms with Gasteiger partial charge >= 0.3 is 0 Å². The van der Waals surface area contributed by atoms with E-state index in [1.807, 2.05) is 32.0 Å². The summed E-state index contributed by atoms with van der Waals surface area (Å²) in [6.45, 7) is 6.57. The highest BCUT2D eigenvalue weighted by atomic mass is 16.2. The van der Waals surface area contributed by atoms with E-state index in [1.54, 1.807) is 4.90 Å². The Hall–Kier alpha value is -1.95. The fourth-order valence-electron chi connectivity index (χ4n) is 3.19. The average Bonchev–Trinajstić information content (AvgIpc) is 2.51. The van der Waals surface area contributed by atoms with Gasteiger partial charge in [-0.2, -0.15) is 0 Å². The van der Waals surface area contributed by atoms with Crippen molar-refractivity contribution in [2.24, 2.45) is 0 Å². The Labute approximate surface area is 130 Å². The number of carbonyl (C=O) groups excluding carboxylic acids is 2. The molecule has 3 heterocycles. The summed E-state index contributed by atoms with van der Waals surface area (Å²) in [5.74, 6) is 0.0220. The van der Waals surface area contributed by atoms with Gasteiger partial charge < -0.3 is 10.2 Å². The molecule has 1 aromatic heterocycles. The number of piperazine rings is 2. The van der Waals surface area contributed by atoms with Crippen molar-refractivity contribution in [1.82, 2.24) is 20.1 Å². The number of nitrogens with one attached hydrogen (secondary N) is 1. The van der Waals surface area contributed by atoms with Gasteiger partial charge in [0.15, 0.2) is 0 Å². The third kappa shape index (κ3) is 2.83. The van der Waals surface area contributed by atoms with E-state index in [0.29, 0.717) is 26.1 Å². The Kier molecular flexibility index (Phi) is 4.11. The van der Waals surface area contributed by atoms with Crippen LogP contribution in [0.2, 0.25) is 0 Å². The molecule has 118 valence electrons. The van der Waals surface area contributed by atoms with Crippen LogP contribution in [-0.2, 0) is 16.1 Å². The molecule has 2 fully saturated rings. The molecule has 2 amide bonds. The highest BCUT2D eigenvalue weighted by Crippen LogP contribution is 2.18. The maximum Gasteiger partial charge on any atom is 0.245 e. The third-order valence-electron chi connectivity index (χ3n) is 4.40. The van der Waals surface area contributed by atoms with Crippen LogP contribution in [-0.4, -0.2) is 58.3 Å². The van der Waals surface area contributed by atoms with Crippen LogP contribution in [0.15, 0.2) is 18.2 Å². The summed E-state index contributed by atoms with van der Waals surface area (Å²) in [6.07, 6.45) is 0.644. The summed E-state index contributed by atoms with van der Waals surface area (Å²) < 4.78 is 0. The molecule has 0 radical (unpaired) electrons. The van der Waals surface area contributed by atoms with Gasteiger partial charge in [-0.1, -0.05) is 13.0 Å². The SMILES string of the molecule is CC[C@@H]1NC(=O)[C@H]2CN(Cc3cccc(C)n3)CCN2C1=O. The zero-order valence-electron chi connectivity index (χ0n) is 13.1. The Bertz CT molecular complexity index is 589. The maximum atomic E-state index is 12.3. The fourth-order valence-corrected chi connectivity index (χ4v) is 3.19. The van der Waals surface area contributed by atoms with Gasteiger partial charge in [0.2, 0.25) is 11.8 Å². The van der Waals surface area contributed by atoms with E-state index in [0.717, 1.165) is 17.9 Å². The lowest BCUT2D eigenvalue weighted by Gasteiger charge is -2.45. The van der Waals surface area contributed by atoms with Crippen LogP contribution in [0, 0.1) is 6.92 Å². The first-order valence-electron chi connectivity index (χ1n) is 7.84. The van der Waals surface area contributed by atoms with E-state index in [1.165, 1.54) is 0 Å². The van der Waals surface area contributed by atoms with Crippen molar-refractivity contribution in [3.05, 3.63) is 29.6 Å². The minimum Gasteiger partial charge on any atom is -0.342 e. The molecule has 2 aliphatic rings. The van der Waals surface area contributed by atoms with Gasteiger partial charge in [-0.25, -0.2) is 0 Å². The van der Waals surface area contributed by atoms with Gasteiger partial charge in [0.25, 0.3) is 0 Å². The lowest BCUT2D eigenvalue weighted by atomic mass is 10.0. The van der Waals surface area contributed by atoms with Crippen LogP contribution in [0.25, 0.3) is 0 Å². The summed E-state index contributed by atoms with van der Waals surface area (Å²) in [5.41, 5.74) is 2.00. The van der Waals surface area contributed by atoms with E-state index < -0.39 is 0 Å². The number of rotatable bonds is 3. The number of carbonyl (C=O) groups is 2. The number of aromatic nitrogens is 1. The minimum absolute atomic E-state index is 0.0339. The molecule has 2 atom stereocenters. The lowest BCUT2D eigenvalue weighted by Crippen LogP contribution is -2.68. The zero-order chi connectivity index (χ0) is 15.7. The van der Waals surface area contributed by atoms with Gasteiger partial charge in [0.05, 0.1) is 5.69 Å².